The maximum atomic E-state index is 13.7. The molecule has 3 N–H and O–H groups in total. The van der Waals surface area contributed by atoms with Crippen LogP contribution >= 0.6 is 0 Å². The van der Waals surface area contributed by atoms with Gasteiger partial charge in [0.1, 0.15) is 11.6 Å². The van der Waals surface area contributed by atoms with Gasteiger partial charge in [-0.1, -0.05) is 12.1 Å². The number of carbonyl (C=O) groups is 2. The molecule has 0 unspecified atom stereocenters. The Labute approximate surface area is 144 Å². The average Bonchev–Trinajstić information content (AvgIpc) is 2.59. The van der Waals surface area contributed by atoms with E-state index in [2.05, 4.69) is 16.0 Å². The fourth-order valence-electron chi connectivity index (χ4n) is 2.30. The zero-order chi connectivity index (χ0) is 18.4. The Morgan fingerprint density at radius 2 is 1.88 bits per heavy atom. The minimum Gasteiger partial charge on any atom is -0.355 e. The Bertz CT molecular complexity index is 781. The van der Waals surface area contributed by atoms with Crippen LogP contribution in [0.4, 0.5) is 14.5 Å². The Morgan fingerprint density at radius 1 is 1.12 bits per heavy atom. The molecule has 25 heavy (non-hydrogen) atoms. The molecule has 2 amide bonds. The van der Waals surface area contributed by atoms with Crippen LogP contribution in [0.3, 0.4) is 0 Å². The molecule has 2 aromatic rings. The third-order valence-corrected chi connectivity index (χ3v) is 3.63. The molecule has 0 fully saturated rings. The molecule has 0 bridgehead atoms. The Balaban J connectivity index is 1.93. The normalized spacial score (nSPS) is 11.7. The summed E-state index contributed by atoms with van der Waals surface area (Å²) in [6.45, 7) is 1.61. The number of carbonyl (C=O) groups excluding carboxylic acids is 2. The Morgan fingerprint density at radius 3 is 2.56 bits per heavy atom. The lowest BCUT2D eigenvalue weighted by Gasteiger charge is -2.15. The van der Waals surface area contributed by atoms with Crippen LogP contribution in [0.15, 0.2) is 42.5 Å². The van der Waals surface area contributed by atoms with E-state index in [1.165, 1.54) is 19.2 Å². The first-order valence-electron chi connectivity index (χ1n) is 7.71. The van der Waals surface area contributed by atoms with E-state index in [0.29, 0.717) is 11.3 Å². The summed E-state index contributed by atoms with van der Waals surface area (Å²) in [5.74, 6) is -1.92. The summed E-state index contributed by atoms with van der Waals surface area (Å²) in [5, 5.41) is 8.03. The van der Waals surface area contributed by atoms with Gasteiger partial charge in [-0.3, -0.25) is 9.59 Å². The first kappa shape index (κ1) is 18.5. The van der Waals surface area contributed by atoms with E-state index in [9.17, 15) is 18.4 Å². The summed E-state index contributed by atoms with van der Waals surface area (Å²) in [7, 11) is 1.52. The van der Waals surface area contributed by atoms with E-state index in [1.807, 2.05) is 0 Å². The molecule has 0 radical (unpaired) electrons. The molecule has 0 spiro atoms. The largest absolute Gasteiger partial charge is 0.355 e. The summed E-state index contributed by atoms with van der Waals surface area (Å²) >= 11 is 0. The zero-order valence-corrected chi connectivity index (χ0v) is 13.9. The lowest BCUT2D eigenvalue weighted by Crippen LogP contribution is -2.30. The first-order chi connectivity index (χ1) is 11.9. The van der Waals surface area contributed by atoms with Gasteiger partial charge in [-0.2, -0.15) is 0 Å². The lowest BCUT2D eigenvalue weighted by molar-refractivity contribution is -0.115. The maximum Gasteiger partial charge on any atom is 0.251 e. The summed E-state index contributed by atoms with van der Waals surface area (Å²) in [4.78, 5) is 23.6. The maximum absolute atomic E-state index is 13.7. The van der Waals surface area contributed by atoms with Crippen molar-refractivity contribution in [1.82, 2.24) is 10.6 Å². The highest BCUT2D eigenvalue weighted by Crippen LogP contribution is 2.17. The van der Waals surface area contributed by atoms with Crippen LogP contribution in [-0.4, -0.2) is 25.4 Å². The van der Waals surface area contributed by atoms with Gasteiger partial charge in [0.15, 0.2) is 0 Å². The molecule has 1 atom stereocenters. The predicted molar refractivity (Wildman–Crippen MR) is 91.2 cm³/mol. The number of hydrogen-bond acceptors (Lipinski definition) is 3. The van der Waals surface area contributed by atoms with E-state index in [4.69, 9.17) is 0 Å². The Hall–Kier alpha value is -2.80. The van der Waals surface area contributed by atoms with Gasteiger partial charge in [0.25, 0.3) is 5.91 Å². The quantitative estimate of drug-likeness (QED) is 0.752. The third kappa shape index (κ3) is 5.09. The predicted octanol–water partition coefficient (Wildman–Crippen LogP) is 2.61. The van der Waals surface area contributed by atoms with Crippen molar-refractivity contribution in [3.05, 3.63) is 65.2 Å². The minimum atomic E-state index is -0.668. The van der Waals surface area contributed by atoms with E-state index >= 15 is 0 Å². The molecule has 0 saturated carbocycles. The van der Waals surface area contributed by atoms with Gasteiger partial charge in [-0.05, 0) is 31.2 Å². The average molecular weight is 347 g/mol. The van der Waals surface area contributed by atoms with Crippen molar-refractivity contribution in [2.24, 2.45) is 0 Å². The second-order valence-electron chi connectivity index (χ2n) is 5.48. The minimum absolute atomic E-state index is 0.0673. The van der Waals surface area contributed by atoms with Crippen LogP contribution in [0.25, 0.3) is 0 Å². The SMILES string of the molecule is CNC(=O)c1cccc(NC(=O)CN[C@@H](C)c2ccc(F)cc2F)c1. The third-order valence-electron chi connectivity index (χ3n) is 3.63. The lowest BCUT2D eigenvalue weighted by atomic mass is 10.1. The van der Waals surface area contributed by atoms with Crippen LogP contribution in [0, 0.1) is 11.6 Å². The van der Waals surface area contributed by atoms with Crippen molar-refractivity contribution in [3.8, 4) is 0 Å². The van der Waals surface area contributed by atoms with Crippen LogP contribution in [0.5, 0.6) is 0 Å². The van der Waals surface area contributed by atoms with Gasteiger partial charge in [-0.25, -0.2) is 8.78 Å². The number of nitrogens with one attached hydrogen (secondary N) is 3. The molecule has 5 nitrogen and oxygen atoms in total. The summed E-state index contributed by atoms with van der Waals surface area (Å²) in [5.41, 5.74) is 1.18. The number of hydrogen-bond donors (Lipinski definition) is 3. The second kappa shape index (κ2) is 8.34. The van der Waals surface area contributed by atoms with Gasteiger partial charge >= 0.3 is 0 Å². The van der Waals surface area contributed by atoms with Gasteiger partial charge < -0.3 is 16.0 Å². The van der Waals surface area contributed by atoms with Gasteiger partial charge in [-0.15, -0.1) is 0 Å². The molecule has 7 heteroatoms. The van der Waals surface area contributed by atoms with E-state index in [1.54, 1.807) is 31.2 Å². The highest BCUT2D eigenvalue weighted by Gasteiger charge is 2.13. The summed E-state index contributed by atoms with van der Waals surface area (Å²) in [6, 6.07) is 9.35. The van der Waals surface area contributed by atoms with Crippen molar-refractivity contribution >= 4 is 17.5 Å². The standard InChI is InChI=1S/C18H19F2N3O2/c1-11(15-7-6-13(19)9-16(15)20)22-10-17(24)23-14-5-3-4-12(8-14)18(25)21-2/h3-9,11,22H,10H2,1-2H3,(H,21,25)(H,23,24)/t11-/m0/s1. The van der Waals surface area contributed by atoms with E-state index in [0.717, 1.165) is 6.07 Å². The van der Waals surface area contributed by atoms with Crippen LogP contribution < -0.4 is 16.0 Å². The number of benzene rings is 2. The van der Waals surface area contributed by atoms with Gasteiger partial charge in [0.05, 0.1) is 6.54 Å². The Kier molecular flexibility index (Phi) is 6.19. The summed E-state index contributed by atoms with van der Waals surface area (Å²) in [6.07, 6.45) is 0. The number of amides is 2. The van der Waals surface area contributed by atoms with Crippen LogP contribution in [-0.2, 0) is 4.79 Å². The highest BCUT2D eigenvalue weighted by molar-refractivity contribution is 5.97. The smallest absolute Gasteiger partial charge is 0.251 e. The molecule has 0 aliphatic carbocycles. The highest BCUT2D eigenvalue weighted by atomic mass is 19.1. The van der Waals surface area contributed by atoms with Gasteiger partial charge in [0.2, 0.25) is 5.91 Å². The van der Waals surface area contributed by atoms with Crippen LogP contribution in [0.1, 0.15) is 28.9 Å². The van der Waals surface area contributed by atoms with Crippen molar-refractivity contribution in [3.63, 3.8) is 0 Å². The van der Waals surface area contributed by atoms with Gasteiger partial charge in [0, 0.05) is 36.0 Å². The molecule has 0 saturated heterocycles. The van der Waals surface area contributed by atoms with Crippen molar-refractivity contribution < 1.29 is 18.4 Å². The monoisotopic (exact) mass is 347 g/mol. The molecular weight excluding hydrogens is 328 g/mol. The fourth-order valence-corrected chi connectivity index (χ4v) is 2.30. The molecule has 0 heterocycles. The first-order valence-corrected chi connectivity index (χ1v) is 7.71. The number of rotatable bonds is 6. The molecule has 2 aromatic carbocycles. The fraction of sp³-hybridized carbons (Fsp3) is 0.222. The number of halogens is 2. The van der Waals surface area contributed by atoms with Crippen molar-refractivity contribution in [2.45, 2.75) is 13.0 Å². The molecule has 0 aliphatic heterocycles. The molecule has 132 valence electrons. The van der Waals surface area contributed by atoms with E-state index in [-0.39, 0.29) is 23.9 Å². The van der Waals surface area contributed by atoms with E-state index < -0.39 is 17.7 Å². The molecular formula is C18H19F2N3O2. The topological polar surface area (TPSA) is 70.2 Å². The number of anilines is 1. The second-order valence-corrected chi connectivity index (χ2v) is 5.48. The molecule has 0 aliphatic rings. The van der Waals surface area contributed by atoms with Crippen molar-refractivity contribution in [2.75, 3.05) is 18.9 Å². The molecule has 2 rings (SSSR count). The zero-order valence-electron chi connectivity index (χ0n) is 13.9. The van der Waals surface area contributed by atoms with Crippen molar-refractivity contribution in [1.29, 1.82) is 0 Å². The van der Waals surface area contributed by atoms with Crippen LogP contribution in [0.2, 0.25) is 0 Å². The molecule has 0 aromatic heterocycles. The summed E-state index contributed by atoms with van der Waals surface area (Å²) < 4.78 is 26.6.